The predicted octanol–water partition coefficient (Wildman–Crippen LogP) is 6.19. The summed E-state index contributed by atoms with van der Waals surface area (Å²) >= 11 is 6.03. The number of azo groups is 1. The molecule has 0 aromatic heterocycles. The molecule has 2 aromatic carbocycles. The first-order valence-electron chi connectivity index (χ1n) is 8.47. The zero-order valence-electron chi connectivity index (χ0n) is 14.9. The quantitative estimate of drug-likeness (QED) is 0.345. The summed E-state index contributed by atoms with van der Waals surface area (Å²) in [5, 5.41) is 20.8. The van der Waals surface area contributed by atoms with Crippen molar-refractivity contribution in [3.63, 3.8) is 0 Å². The van der Waals surface area contributed by atoms with Gasteiger partial charge in [-0.1, -0.05) is 49.2 Å². The zero-order valence-corrected chi connectivity index (χ0v) is 15.6. The number of anilines is 1. The van der Waals surface area contributed by atoms with Gasteiger partial charge in [-0.2, -0.15) is 5.11 Å². The molecule has 2 aromatic rings. The van der Waals surface area contributed by atoms with E-state index in [1.54, 1.807) is 24.3 Å². The van der Waals surface area contributed by atoms with Crippen LogP contribution in [0.25, 0.3) is 0 Å². The van der Waals surface area contributed by atoms with Crippen molar-refractivity contribution in [3.05, 3.63) is 70.6 Å². The van der Waals surface area contributed by atoms with Crippen LogP contribution in [0, 0.1) is 0 Å². The summed E-state index contributed by atoms with van der Waals surface area (Å²) in [7, 11) is 0. The minimum absolute atomic E-state index is 0.167. The van der Waals surface area contributed by atoms with Gasteiger partial charge in [0.05, 0.1) is 16.4 Å². The summed E-state index contributed by atoms with van der Waals surface area (Å²) in [4.78, 5) is 12.4. The number of nitrogens with zero attached hydrogens (tertiary/aromatic N) is 2. The Hall–Kier alpha value is -2.66. The molecule has 26 heavy (non-hydrogen) atoms. The lowest BCUT2D eigenvalue weighted by atomic mass is 10.1. The molecule has 136 valence electrons. The molecule has 0 saturated heterocycles. The number of unbranched alkanes of at least 4 members (excludes halogenated alkanes) is 1. The molecule has 1 amide bonds. The number of hydrogen-bond donors (Lipinski definition) is 2. The lowest BCUT2D eigenvalue weighted by molar-refractivity contribution is -0.113. The number of hydrogen-bond acceptors (Lipinski definition) is 4. The molecule has 0 saturated carbocycles. The number of amides is 1. The summed E-state index contributed by atoms with van der Waals surface area (Å²) in [6.45, 7) is 3.54. The molecule has 6 heteroatoms. The average molecular weight is 372 g/mol. The van der Waals surface area contributed by atoms with E-state index in [1.165, 1.54) is 12.5 Å². The Balaban J connectivity index is 2.10. The van der Waals surface area contributed by atoms with E-state index >= 15 is 0 Å². The first kappa shape index (κ1) is 19.7. The average Bonchev–Trinajstić information content (AvgIpc) is 2.63. The van der Waals surface area contributed by atoms with Crippen LogP contribution in [-0.2, 0) is 11.2 Å². The summed E-state index contributed by atoms with van der Waals surface area (Å²) in [5.74, 6) is -0.806. The Bertz CT molecular complexity index is 810. The fraction of sp³-hybridized carbons (Fsp3) is 0.250. The van der Waals surface area contributed by atoms with Gasteiger partial charge in [0, 0.05) is 0 Å². The van der Waals surface area contributed by atoms with Gasteiger partial charge in [0.15, 0.2) is 5.70 Å². The Labute approximate surface area is 158 Å². The fourth-order valence-electron chi connectivity index (χ4n) is 2.24. The van der Waals surface area contributed by atoms with E-state index < -0.39 is 5.91 Å². The minimum atomic E-state index is -0.582. The summed E-state index contributed by atoms with van der Waals surface area (Å²) < 4.78 is 0. The fourth-order valence-corrected chi connectivity index (χ4v) is 2.43. The number of halogens is 1. The highest BCUT2D eigenvalue weighted by Gasteiger charge is 2.14. The third-order valence-corrected chi connectivity index (χ3v) is 4.03. The molecule has 2 N–H and O–H groups in total. The van der Waals surface area contributed by atoms with Crippen molar-refractivity contribution in [1.82, 2.24) is 0 Å². The largest absolute Gasteiger partial charge is 0.510 e. The zero-order chi connectivity index (χ0) is 18.9. The monoisotopic (exact) mass is 371 g/mol. The maximum absolute atomic E-state index is 12.4. The second-order valence-electron chi connectivity index (χ2n) is 5.84. The van der Waals surface area contributed by atoms with Crippen molar-refractivity contribution in [2.24, 2.45) is 10.2 Å². The highest BCUT2D eigenvalue weighted by Crippen LogP contribution is 2.22. The molecule has 0 radical (unpaired) electrons. The first-order valence-corrected chi connectivity index (χ1v) is 8.85. The molecular weight excluding hydrogens is 350 g/mol. The van der Waals surface area contributed by atoms with Crippen LogP contribution in [0.4, 0.5) is 11.4 Å². The van der Waals surface area contributed by atoms with E-state index in [9.17, 15) is 9.90 Å². The second-order valence-corrected chi connectivity index (χ2v) is 6.25. The Morgan fingerprint density at radius 2 is 1.85 bits per heavy atom. The Kier molecular flexibility index (Phi) is 7.36. The van der Waals surface area contributed by atoms with Gasteiger partial charge in [0.1, 0.15) is 5.76 Å². The third-order valence-electron chi connectivity index (χ3n) is 3.70. The predicted molar refractivity (Wildman–Crippen MR) is 105 cm³/mol. The van der Waals surface area contributed by atoms with Crippen LogP contribution in [-0.4, -0.2) is 11.0 Å². The molecule has 0 aliphatic heterocycles. The topological polar surface area (TPSA) is 74.0 Å². The van der Waals surface area contributed by atoms with Crippen molar-refractivity contribution in [2.75, 3.05) is 5.32 Å². The first-order chi connectivity index (χ1) is 12.5. The molecule has 0 aliphatic carbocycles. The summed E-state index contributed by atoms with van der Waals surface area (Å²) in [6, 6.07) is 14.5. The Morgan fingerprint density at radius 1 is 1.15 bits per heavy atom. The number of para-hydroxylation sites is 1. The van der Waals surface area contributed by atoms with E-state index in [4.69, 9.17) is 11.6 Å². The molecule has 0 heterocycles. The van der Waals surface area contributed by atoms with Crippen molar-refractivity contribution >= 4 is 28.9 Å². The van der Waals surface area contributed by atoms with Crippen LogP contribution in [0.3, 0.4) is 0 Å². The molecule has 0 fully saturated rings. The molecule has 0 aliphatic rings. The molecule has 0 spiro atoms. The van der Waals surface area contributed by atoms with Gasteiger partial charge >= 0.3 is 0 Å². The van der Waals surface area contributed by atoms with Crippen LogP contribution in [0.2, 0.25) is 5.02 Å². The SMILES string of the molecule is CCCCc1ccc(N=N/C(C(=O)Nc2ccccc2Cl)=C(\C)O)cc1. The number of nitrogens with one attached hydrogen (secondary N) is 1. The van der Waals surface area contributed by atoms with Gasteiger partial charge in [0.25, 0.3) is 5.91 Å². The van der Waals surface area contributed by atoms with E-state index in [1.807, 2.05) is 24.3 Å². The number of carbonyl (C=O) groups is 1. The maximum atomic E-state index is 12.4. The van der Waals surface area contributed by atoms with Crippen LogP contribution < -0.4 is 5.32 Å². The van der Waals surface area contributed by atoms with Crippen LogP contribution in [0.15, 0.2) is 70.2 Å². The van der Waals surface area contributed by atoms with Crippen molar-refractivity contribution in [1.29, 1.82) is 0 Å². The standard InChI is InChI=1S/C20H22ClN3O2/c1-3-4-7-15-10-12-16(13-11-15)23-24-19(14(2)25)20(26)22-18-9-6-5-8-17(18)21/h5-6,8-13,25H,3-4,7H2,1-2H3,(H,22,26)/b19-14+,24-23?. The molecule has 0 bridgehead atoms. The van der Waals surface area contributed by atoms with E-state index in [2.05, 4.69) is 22.5 Å². The van der Waals surface area contributed by atoms with E-state index in [-0.39, 0.29) is 11.5 Å². The van der Waals surface area contributed by atoms with Gasteiger partial charge in [-0.3, -0.25) is 4.79 Å². The number of benzene rings is 2. The molecule has 5 nitrogen and oxygen atoms in total. The highest BCUT2D eigenvalue weighted by atomic mass is 35.5. The number of aliphatic hydroxyl groups excluding tert-OH is 1. The lowest BCUT2D eigenvalue weighted by Crippen LogP contribution is -2.14. The van der Waals surface area contributed by atoms with E-state index in [0.29, 0.717) is 16.4 Å². The molecule has 2 rings (SSSR count). The number of aryl methyl sites for hydroxylation is 1. The number of allylic oxidation sites excluding steroid dienone is 1. The third kappa shape index (κ3) is 5.70. The minimum Gasteiger partial charge on any atom is -0.510 e. The smallest absolute Gasteiger partial charge is 0.279 e. The van der Waals surface area contributed by atoms with Gasteiger partial charge in [-0.15, -0.1) is 5.11 Å². The summed E-state index contributed by atoms with van der Waals surface area (Å²) in [6.07, 6.45) is 3.31. The Morgan fingerprint density at radius 3 is 2.46 bits per heavy atom. The molecule has 0 unspecified atom stereocenters. The van der Waals surface area contributed by atoms with E-state index in [0.717, 1.165) is 19.3 Å². The van der Waals surface area contributed by atoms with Crippen LogP contribution >= 0.6 is 11.6 Å². The van der Waals surface area contributed by atoms with Crippen molar-refractivity contribution in [2.45, 2.75) is 33.1 Å². The second kappa shape index (κ2) is 9.73. The molecular formula is C20H22ClN3O2. The van der Waals surface area contributed by atoms with Gasteiger partial charge < -0.3 is 10.4 Å². The molecule has 0 atom stereocenters. The van der Waals surface area contributed by atoms with Crippen molar-refractivity contribution in [3.8, 4) is 0 Å². The van der Waals surface area contributed by atoms with Crippen molar-refractivity contribution < 1.29 is 9.90 Å². The lowest BCUT2D eigenvalue weighted by Gasteiger charge is -2.07. The normalized spacial score (nSPS) is 12.1. The van der Waals surface area contributed by atoms with Gasteiger partial charge in [0.2, 0.25) is 0 Å². The number of aliphatic hydroxyl groups is 1. The maximum Gasteiger partial charge on any atom is 0.279 e. The highest BCUT2D eigenvalue weighted by molar-refractivity contribution is 6.33. The number of rotatable bonds is 7. The number of carbonyl (C=O) groups excluding carboxylic acids is 1. The van der Waals surface area contributed by atoms with Gasteiger partial charge in [-0.05, 0) is 49.6 Å². The van der Waals surface area contributed by atoms with Crippen LogP contribution in [0.1, 0.15) is 32.3 Å². The van der Waals surface area contributed by atoms with Crippen LogP contribution in [0.5, 0.6) is 0 Å². The summed E-state index contributed by atoms with van der Waals surface area (Å²) in [5.41, 5.74) is 2.11. The van der Waals surface area contributed by atoms with Gasteiger partial charge in [-0.25, -0.2) is 0 Å².